The van der Waals surface area contributed by atoms with Gasteiger partial charge in [-0.2, -0.15) is 9.97 Å². The van der Waals surface area contributed by atoms with Crippen molar-refractivity contribution in [1.29, 1.82) is 0 Å². The zero-order valence-corrected chi connectivity index (χ0v) is 49.0. The fourth-order valence-electron chi connectivity index (χ4n) is 10.2. The smallest absolute Gasteiger partial charge is 0.255 e. The number of aliphatic hydroxyl groups excluding tert-OH is 1. The lowest BCUT2D eigenvalue weighted by molar-refractivity contribution is -0.107. The van der Waals surface area contributed by atoms with Gasteiger partial charge in [-0.15, -0.1) is 0 Å². The van der Waals surface area contributed by atoms with Gasteiger partial charge in [0, 0.05) is 109 Å². The summed E-state index contributed by atoms with van der Waals surface area (Å²) in [5, 5.41) is 15.6. The summed E-state index contributed by atoms with van der Waals surface area (Å²) in [6.45, 7) is -0.343. The Labute approximate surface area is 501 Å². The minimum absolute atomic E-state index is 0.00183. The molecule has 446 valence electrons. The molecule has 20 nitrogen and oxygen atoms in total. The fraction of sp³-hybridized carbons (Fsp3) is 0.141. The quantitative estimate of drug-likeness (QED) is 0.0674. The molecule has 2 amide bonds. The first-order valence-electron chi connectivity index (χ1n) is 27.2. The van der Waals surface area contributed by atoms with Crippen LogP contribution in [-0.4, -0.2) is 106 Å². The van der Waals surface area contributed by atoms with Crippen molar-refractivity contribution in [2.75, 3.05) is 54.9 Å². The van der Waals surface area contributed by atoms with Crippen LogP contribution in [0.15, 0.2) is 176 Å². The number of fused-ring (bicyclic) bond motifs is 4. The average Bonchev–Trinajstić information content (AvgIpc) is 1.61. The SMILES string of the molecule is CNC(=O)c1c(-c2ccc(F)cc2)oc2cc(N(CCC=O)S(C)(=O)=O)c(-c3cccc(-c4nc5ncccc5o4)c3)cc12.CNC(=O)c1c(-c2ccc(F)cc2)oc2cc(N(CCCO)S(C)(=O)=O)c(-c3cccc(-c4nc5ncccc5o4)c3)cc12. The number of aromatic nitrogens is 4. The molecule has 24 heteroatoms. The molecule has 6 aromatic heterocycles. The van der Waals surface area contributed by atoms with E-state index in [1.165, 1.54) is 73.0 Å². The number of amides is 2. The minimum Gasteiger partial charge on any atom is -0.455 e. The molecule has 0 aliphatic heterocycles. The fourth-order valence-corrected chi connectivity index (χ4v) is 12.1. The molecule has 88 heavy (non-hydrogen) atoms. The number of furan rings is 2. The number of aliphatic hydroxyl groups is 1. The van der Waals surface area contributed by atoms with Gasteiger partial charge in [0.1, 0.15) is 40.6 Å². The predicted molar refractivity (Wildman–Crippen MR) is 329 cm³/mol. The molecular formula is C64H52F2N8O12S2. The van der Waals surface area contributed by atoms with E-state index < -0.39 is 43.5 Å². The number of carbonyl (C=O) groups excluding carboxylic acids is 3. The number of nitrogens with one attached hydrogen (secondary N) is 2. The van der Waals surface area contributed by atoms with Crippen molar-refractivity contribution < 1.29 is 62.8 Å². The maximum atomic E-state index is 13.7. The molecule has 12 aromatic rings. The Balaban J connectivity index is 0.000000182. The van der Waals surface area contributed by atoms with Gasteiger partial charge in [0.25, 0.3) is 11.8 Å². The molecular weight excluding hydrogens is 1170 g/mol. The number of hydrogen-bond donors (Lipinski definition) is 3. The molecule has 0 spiro atoms. The number of hydrogen-bond acceptors (Lipinski definition) is 16. The van der Waals surface area contributed by atoms with Gasteiger partial charge < -0.3 is 38.2 Å². The summed E-state index contributed by atoms with van der Waals surface area (Å²) in [6.07, 6.45) is 6.14. The lowest BCUT2D eigenvalue weighted by Gasteiger charge is -2.25. The topological polar surface area (TPSA) is 274 Å². The van der Waals surface area contributed by atoms with E-state index in [0.29, 0.717) is 95.8 Å². The predicted octanol–water partition coefficient (Wildman–Crippen LogP) is 11.4. The third-order valence-corrected chi connectivity index (χ3v) is 16.6. The monoisotopic (exact) mass is 1230 g/mol. The normalized spacial score (nSPS) is 11.7. The van der Waals surface area contributed by atoms with Gasteiger partial charge in [-0.05, 0) is 127 Å². The van der Waals surface area contributed by atoms with Crippen molar-refractivity contribution in [2.45, 2.75) is 12.8 Å². The van der Waals surface area contributed by atoms with Crippen molar-refractivity contribution in [1.82, 2.24) is 30.6 Å². The molecule has 0 bridgehead atoms. The summed E-state index contributed by atoms with van der Waals surface area (Å²) in [4.78, 5) is 55.2. The van der Waals surface area contributed by atoms with Crippen molar-refractivity contribution in [3.8, 4) is 67.8 Å². The maximum Gasteiger partial charge on any atom is 0.255 e. The Kier molecular flexibility index (Phi) is 16.5. The molecule has 0 saturated heterocycles. The second-order valence-electron chi connectivity index (χ2n) is 20.1. The number of benzene rings is 6. The number of pyridine rings is 2. The van der Waals surface area contributed by atoms with Crippen molar-refractivity contribution in [3.05, 3.63) is 181 Å². The van der Waals surface area contributed by atoms with Crippen LogP contribution >= 0.6 is 0 Å². The number of rotatable bonds is 18. The molecule has 0 unspecified atom stereocenters. The zero-order valence-electron chi connectivity index (χ0n) is 47.3. The Hall–Kier alpha value is -10.4. The third kappa shape index (κ3) is 11.9. The first-order chi connectivity index (χ1) is 42.3. The summed E-state index contributed by atoms with van der Waals surface area (Å²) in [6, 6.07) is 38.9. The number of nitrogens with zero attached hydrogens (tertiary/aromatic N) is 6. The molecule has 12 rings (SSSR count). The number of oxazole rings is 2. The molecule has 6 aromatic carbocycles. The van der Waals surface area contributed by atoms with Crippen LogP contribution in [0, 0.1) is 11.6 Å². The van der Waals surface area contributed by atoms with Gasteiger partial charge in [0.15, 0.2) is 22.5 Å². The highest BCUT2D eigenvalue weighted by Gasteiger charge is 2.30. The highest BCUT2D eigenvalue weighted by Crippen LogP contribution is 2.45. The van der Waals surface area contributed by atoms with E-state index in [1.807, 2.05) is 18.2 Å². The molecule has 0 fully saturated rings. The number of sulfonamides is 2. The molecule has 0 aliphatic rings. The molecule has 0 atom stereocenters. The second-order valence-corrected chi connectivity index (χ2v) is 23.9. The molecule has 0 aliphatic carbocycles. The summed E-state index contributed by atoms with van der Waals surface area (Å²) < 4.78 is 106. The van der Waals surface area contributed by atoms with Crippen LogP contribution < -0.4 is 19.2 Å². The van der Waals surface area contributed by atoms with E-state index in [9.17, 15) is 45.1 Å². The number of aldehydes is 1. The third-order valence-electron chi connectivity index (χ3n) is 14.2. The van der Waals surface area contributed by atoms with E-state index >= 15 is 0 Å². The maximum absolute atomic E-state index is 13.7. The van der Waals surface area contributed by atoms with Crippen LogP contribution in [0.5, 0.6) is 0 Å². The standard InChI is InChI=1S/C32H27FN4O6S.C32H25FN4O6S/c2*1-34-31(39)28-24-17-23(20-6-3-7-21(16-20)32-36-30-26(43-32)8-4-13-35-30)25(37(14-5-15-38)44(2,40)41)18-27(24)42-29(28)19-9-11-22(33)12-10-19/h3-4,6-13,16-18,38H,5,14-15H2,1-2H3,(H,34,39);3-4,6-13,15-18H,5,14H2,1-2H3,(H,34,39). The van der Waals surface area contributed by atoms with Crippen LogP contribution in [0.1, 0.15) is 33.6 Å². The molecule has 0 radical (unpaired) electrons. The Bertz CT molecular complexity index is 4830. The van der Waals surface area contributed by atoms with Gasteiger partial charge in [0.05, 0.1) is 35.0 Å². The van der Waals surface area contributed by atoms with E-state index in [4.69, 9.17) is 17.7 Å². The van der Waals surface area contributed by atoms with E-state index in [1.54, 1.807) is 85.2 Å². The first kappa shape index (κ1) is 59.3. The summed E-state index contributed by atoms with van der Waals surface area (Å²) in [5.74, 6) is -0.744. The average molecular weight is 1230 g/mol. The van der Waals surface area contributed by atoms with Crippen molar-refractivity contribution in [2.24, 2.45) is 0 Å². The number of anilines is 2. The van der Waals surface area contributed by atoms with Gasteiger partial charge in [0.2, 0.25) is 31.8 Å². The molecule has 0 saturated carbocycles. The van der Waals surface area contributed by atoms with Gasteiger partial charge >= 0.3 is 0 Å². The largest absolute Gasteiger partial charge is 0.455 e. The highest BCUT2D eigenvalue weighted by atomic mass is 32.2. The zero-order chi connectivity index (χ0) is 62.0. The lowest BCUT2D eigenvalue weighted by atomic mass is 9.97. The van der Waals surface area contributed by atoms with E-state index in [-0.39, 0.29) is 77.7 Å². The Morgan fingerprint density at radius 2 is 0.955 bits per heavy atom. The Morgan fingerprint density at radius 1 is 0.534 bits per heavy atom. The van der Waals surface area contributed by atoms with Crippen LogP contribution in [0.4, 0.5) is 20.2 Å². The number of carbonyl (C=O) groups is 3. The second kappa shape index (κ2) is 24.5. The van der Waals surface area contributed by atoms with E-state index in [0.717, 1.165) is 16.8 Å². The highest BCUT2D eigenvalue weighted by molar-refractivity contribution is 7.92. The van der Waals surface area contributed by atoms with E-state index in [2.05, 4.69) is 30.6 Å². The Morgan fingerprint density at radius 3 is 1.34 bits per heavy atom. The van der Waals surface area contributed by atoms with Crippen LogP contribution in [0.2, 0.25) is 0 Å². The minimum atomic E-state index is -3.88. The van der Waals surface area contributed by atoms with Crippen LogP contribution in [0.3, 0.4) is 0 Å². The first-order valence-corrected chi connectivity index (χ1v) is 30.9. The summed E-state index contributed by atoms with van der Waals surface area (Å²) >= 11 is 0. The summed E-state index contributed by atoms with van der Waals surface area (Å²) in [7, 11) is -4.74. The van der Waals surface area contributed by atoms with Crippen LogP contribution in [-0.2, 0) is 24.8 Å². The van der Waals surface area contributed by atoms with Crippen molar-refractivity contribution in [3.63, 3.8) is 0 Å². The number of halogens is 2. The van der Waals surface area contributed by atoms with Gasteiger partial charge in [-0.25, -0.2) is 35.6 Å². The van der Waals surface area contributed by atoms with Gasteiger partial charge in [-0.3, -0.25) is 18.2 Å². The molecule has 3 N–H and O–H groups in total. The van der Waals surface area contributed by atoms with Gasteiger partial charge in [-0.1, -0.05) is 24.3 Å². The van der Waals surface area contributed by atoms with Crippen LogP contribution in [0.25, 0.3) is 112 Å². The molecule has 6 heterocycles. The lowest BCUT2D eigenvalue weighted by Crippen LogP contribution is -2.31. The summed E-state index contributed by atoms with van der Waals surface area (Å²) in [5.41, 5.74) is 7.60. The van der Waals surface area contributed by atoms with Crippen molar-refractivity contribution >= 4 is 93.9 Å².